The summed E-state index contributed by atoms with van der Waals surface area (Å²) in [5.41, 5.74) is 1.25. The van der Waals surface area contributed by atoms with E-state index in [1.165, 1.54) is 19.2 Å². The standard InChI is InChI=1S/C15H12Br2FNO2/c1-8-3-4-9(12(18)5-8)15(20)19-13-7-14(21-2)11(17)6-10(13)16/h3-7H,1-2H3,(H,19,20). The van der Waals surface area contributed by atoms with E-state index >= 15 is 0 Å². The summed E-state index contributed by atoms with van der Waals surface area (Å²) in [6.07, 6.45) is 0. The third-order valence-corrected chi connectivity index (χ3v) is 4.13. The van der Waals surface area contributed by atoms with E-state index in [4.69, 9.17) is 4.74 Å². The van der Waals surface area contributed by atoms with Gasteiger partial charge in [0.1, 0.15) is 11.6 Å². The van der Waals surface area contributed by atoms with Gasteiger partial charge in [0, 0.05) is 10.5 Å². The second kappa shape index (κ2) is 6.58. The number of amides is 1. The molecule has 2 rings (SSSR count). The molecule has 0 aliphatic carbocycles. The Hall–Kier alpha value is -1.40. The van der Waals surface area contributed by atoms with Crippen molar-refractivity contribution < 1.29 is 13.9 Å². The van der Waals surface area contributed by atoms with Crippen molar-refractivity contribution in [1.82, 2.24) is 0 Å². The smallest absolute Gasteiger partial charge is 0.258 e. The summed E-state index contributed by atoms with van der Waals surface area (Å²) < 4.78 is 20.4. The molecule has 21 heavy (non-hydrogen) atoms. The van der Waals surface area contributed by atoms with Gasteiger partial charge in [-0.1, -0.05) is 6.07 Å². The molecule has 0 unspecified atom stereocenters. The SMILES string of the molecule is COc1cc(NC(=O)c2ccc(C)cc2F)c(Br)cc1Br. The van der Waals surface area contributed by atoms with Gasteiger partial charge in [0.15, 0.2) is 0 Å². The molecule has 0 bridgehead atoms. The molecular weight excluding hydrogens is 405 g/mol. The van der Waals surface area contributed by atoms with Crippen LogP contribution in [0.5, 0.6) is 5.75 Å². The van der Waals surface area contributed by atoms with Crippen molar-refractivity contribution in [2.75, 3.05) is 12.4 Å². The van der Waals surface area contributed by atoms with E-state index in [1.54, 1.807) is 25.1 Å². The summed E-state index contributed by atoms with van der Waals surface area (Å²) in [6, 6.07) is 7.88. The Labute approximate surface area is 138 Å². The minimum atomic E-state index is -0.548. The number of anilines is 1. The summed E-state index contributed by atoms with van der Waals surface area (Å²) in [5, 5.41) is 2.66. The number of aryl methyl sites for hydroxylation is 1. The fraction of sp³-hybridized carbons (Fsp3) is 0.133. The summed E-state index contributed by atoms with van der Waals surface area (Å²) in [5.74, 6) is -0.497. The molecule has 0 aromatic heterocycles. The number of methoxy groups -OCH3 is 1. The molecule has 0 aliphatic rings. The monoisotopic (exact) mass is 415 g/mol. The number of carbonyl (C=O) groups is 1. The van der Waals surface area contributed by atoms with Crippen molar-refractivity contribution in [3.05, 3.63) is 56.2 Å². The number of hydrogen-bond donors (Lipinski definition) is 1. The maximum atomic E-state index is 13.8. The molecule has 2 aromatic carbocycles. The van der Waals surface area contributed by atoms with Crippen molar-refractivity contribution in [2.45, 2.75) is 6.92 Å². The normalized spacial score (nSPS) is 10.3. The third kappa shape index (κ3) is 3.63. The van der Waals surface area contributed by atoms with Gasteiger partial charge in [0.2, 0.25) is 0 Å². The molecule has 0 atom stereocenters. The highest BCUT2D eigenvalue weighted by molar-refractivity contribution is 9.11. The predicted octanol–water partition coefficient (Wildman–Crippen LogP) is 4.92. The van der Waals surface area contributed by atoms with Gasteiger partial charge in [0.25, 0.3) is 5.91 Å². The van der Waals surface area contributed by atoms with Crippen LogP contribution in [0.25, 0.3) is 0 Å². The average molecular weight is 417 g/mol. The molecule has 0 aliphatic heterocycles. The van der Waals surface area contributed by atoms with Gasteiger partial charge in [-0.05, 0) is 62.5 Å². The van der Waals surface area contributed by atoms with E-state index in [9.17, 15) is 9.18 Å². The summed E-state index contributed by atoms with van der Waals surface area (Å²) >= 11 is 6.69. The van der Waals surface area contributed by atoms with Crippen LogP contribution in [-0.2, 0) is 0 Å². The molecule has 2 aromatic rings. The highest BCUT2D eigenvalue weighted by Crippen LogP contribution is 2.34. The highest BCUT2D eigenvalue weighted by Gasteiger charge is 2.15. The molecule has 3 nitrogen and oxygen atoms in total. The molecule has 0 spiro atoms. The van der Waals surface area contributed by atoms with Crippen molar-refractivity contribution in [3.63, 3.8) is 0 Å². The lowest BCUT2D eigenvalue weighted by molar-refractivity contribution is 0.102. The topological polar surface area (TPSA) is 38.3 Å². The Bertz CT molecular complexity index is 704. The first-order chi connectivity index (χ1) is 9.92. The second-order valence-corrected chi connectivity index (χ2v) is 6.11. The zero-order valence-electron chi connectivity index (χ0n) is 11.3. The number of ether oxygens (including phenoxy) is 1. The predicted molar refractivity (Wildman–Crippen MR) is 87.5 cm³/mol. The van der Waals surface area contributed by atoms with Crippen LogP contribution in [0, 0.1) is 12.7 Å². The molecule has 110 valence electrons. The Morgan fingerprint density at radius 2 is 1.90 bits per heavy atom. The Balaban J connectivity index is 2.31. The van der Waals surface area contributed by atoms with E-state index in [2.05, 4.69) is 37.2 Å². The summed E-state index contributed by atoms with van der Waals surface area (Å²) in [4.78, 5) is 12.2. The maximum Gasteiger partial charge on any atom is 0.258 e. The fourth-order valence-electron chi connectivity index (χ4n) is 1.78. The molecule has 0 saturated carbocycles. The Morgan fingerprint density at radius 3 is 2.52 bits per heavy atom. The molecule has 6 heteroatoms. The lowest BCUT2D eigenvalue weighted by Gasteiger charge is -2.11. The molecule has 0 saturated heterocycles. The first-order valence-electron chi connectivity index (χ1n) is 6.03. The third-order valence-electron chi connectivity index (χ3n) is 2.86. The number of benzene rings is 2. The second-order valence-electron chi connectivity index (χ2n) is 4.40. The zero-order valence-corrected chi connectivity index (χ0v) is 14.5. The zero-order chi connectivity index (χ0) is 15.6. The lowest BCUT2D eigenvalue weighted by Crippen LogP contribution is -2.14. The highest BCUT2D eigenvalue weighted by atomic mass is 79.9. The number of carbonyl (C=O) groups excluding carboxylic acids is 1. The van der Waals surface area contributed by atoms with Crippen LogP contribution < -0.4 is 10.1 Å². The van der Waals surface area contributed by atoms with Crippen LogP contribution in [0.15, 0.2) is 39.3 Å². The van der Waals surface area contributed by atoms with Gasteiger partial charge >= 0.3 is 0 Å². The van der Waals surface area contributed by atoms with E-state index in [0.717, 1.165) is 10.0 Å². The van der Waals surface area contributed by atoms with Crippen LogP contribution in [0.2, 0.25) is 0 Å². The minimum absolute atomic E-state index is 0.00520. The van der Waals surface area contributed by atoms with E-state index in [-0.39, 0.29) is 5.56 Å². The van der Waals surface area contributed by atoms with E-state index in [1.807, 2.05) is 0 Å². The van der Waals surface area contributed by atoms with Gasteiger partial charge in [-0.3, -0.25) is 4.79 Å². The van der Waals surface area contributed by atoms with Crippen LogP contribution in [0.3, 0.4) is 0 Å². The van der Waals surface area contributed by atoms with Crippen LogP contribution >= 0.6 is 31.9 Å². The molecular formula is C15H12Br2FNO2. The first kappa shape index (κ1) is 16.0. The van der Waals surface area contributed by atoms with E-state index < -0.39 is 11.7 Å². The quantitative estimate of drug-likeness (QED) is 0.771. The van der Waals surface area contributed by atoms with Gasteiger partial charge in [-0.15, -0.1) is 0 Å². The van der Waals surface area contributed by atoms with Gasteiger partial charge in [-0.2, -0.15) is 0 Å². The lowest BCUT2D eigenvalue weighted by atomic mass is 10.1. The van der Waals surface area contributed by atoms with Crippen LogP contribution in [-0.4, -0.2) is 13.0 Å². The molecule has 0 heterocycles. The molecule has 1 amide bonds. The van der Waals surface area contributed by atoms with Crippen LogP contribution in [0.4, 0.5) is 10.1 Å². The number of rotatable bonds is 3. The Kier molecular flexibility index (Phi) is 5.00. The summed E-state index contributed by atoms with van der Waals surface area (Å²) in [7, 11) is 1.53. The van der Waals surface area contributed by atoms with Crippen molar-refractivity contribution in [3.8, 4) is 5.75 Å². The number of halogens is 3. The fourth-order valence-corrected chi connectivity index (χ4v) is 3.03. The molecule has 0 fully saturated rings. The number of nitrogens with one attached hydrogen (secondary N) is 1. The largest absolute Gasteiger partial charge is 0.495 e. The maximum absolute atomic E-state index is 13.8. The van der Waals surface area contributed by atoms with Gasteiger partial charge in [0.05, 0.1) is 22.8 Å². The van der Waals surface area contributed by atoms with Gasteiger partial charge in [-0.25, -0.2) is 4.39 Å². The molecule has 0 radical (unpaired) electrons. The van der Waals surface area contributed by atoms with E-state index in [0.29, 0.717) is 15.9 Å². The summed E-state index contributed by atoms with van der Waals surface area (Å²) in [6.45, 7) is 1.76. The average Bonchev–Trinajstić information content (AvgIpc) is 2.41. The molecule has 1 N–H and O–H groups in total. The van der Waals surface area contributed by atoms with Gasteiger partial charge < -0.3 is 10.1 Å². The van der Waals surface area contributed by atoms with Crippen LogP contribution in [0.1, 0.15) is 15.9 Å². The van der Waals surface area contributed by atoms with Crippen molar-refractivity contribution in [2.24, 2.45) is 0 Å². The van der Waals surface area contributed by atoms with Crippen molar-refractivity contribution >= 4 is 43.5 Å². The minimum Gasteiger partial charge on any atom is -0.495 e. The first-order valence-corrected chi connectivity index (χ1v) is 7.61. The Morgan fingerprint density at radius 1 is 1.19 bits per heavy atom. The van der Waals surface area contributed by atoms with Crippen molar-refractivity contribution in [1.29, 1.82) is 0 Å². The number of hydrogen-bond acceptors (Lipinski definition) is 2.